The predicted octanol–water partition coefficient (Wildman–Crippen LogP) is 4.29. The lowest BCUT2D eigenvalue weighted by atomic mass is 9.73. The Balaban J connectivity index is 2.02. The van der Waals surface area contributed by atoms with E-state index in [2.05, 4.69) is 30.3 Å². The van der Waals surface area contributed by atoms with E-state index in [0.29, 0.717) is 0 Å². The summed E-state index contributed by atoms with van der Waals surface area (Å²) in [7, 11) is 0. The van der Waals surface area contributed by atoms with Gasteiger partial charge >= 0.3 is 0 Å². The maximum absolute atomic E-state index is 10.8. The highest BCUT2D eigenvalue weighted by atomic mass is 32.1. The van der Waals surface area contributed by atoms with Crippen LogP contribution >= 0.6 is 11.3 Å². The molecule has 1 saturated carbocycles. The van der Waals surface area contributed by atoms with Gasteiger partial charge in [0.25, 0.3) is 0 Å². The second-order valence-electron chi connectivity index (χ2n) is 5.15. The number of rotatable bonds is 3. The SMILES string of the molecule is OC(c1cccs1)C1(c2ccccc2)CCCC1. The molecule has 1 atom stereocenters. The van der Waals surface area contributed by atoms with Crippen molar-refractivity contribution in [1.29, 1.82) is 0 Å². The van der Waals surface area contributed by atoms with E-state index in [1.54, 1.807) is 11.3 Å². The Labute approximate surface area is 112 Å². The van der Waals surface area contributed by atoms with Gasteiger partial charge in [-0.2, -0.15) is 0 Å². The van der Waals surface area contributed by atoms with Gasteiger partial charge in [-0.15, -0.1) is 11.3 Å². The third-order valence-electron chi connectivity index (χ3n) is 4.18. The molecule has 1 fully saturated rings. The number of aliphatic hydroxyl groups is 1. The van der Waals surface area contributed by atoms with Crippen LogP contribution in [0.2, 0.25) is 0 Å². The van der Waals surface area contributed by atoms with Crippen LogP contribution in [0.3, 0.4) is 0 Å². The van der Waals surface area contributed by atoms with E-state index in [1.165, 1.54) is 18.4 Å². The fourth-order valence-corrected chi connectivity index (χ4v) is 4.04. The van der Waals surface area contributed by atoms with Crippen molar-refractivity contribution in [2.75, 3.05) is 0 Å². The first kappa shape index (κ1) is 11.9. The largest absolute Gasteiger partial charge is 0.387 e. The average molecular weight is 258 g/mol. The van der Waals surface area contributed by atoms with Gasteiger partial charge in [0.15, 0.2) is 0 Å². The van der Waals surface area contributed by atoms with Crippen molar-refractivity contribution in [1.82, 2.24) is 0 Å². The molecule has 0 saturated heterocycles. The Hall–Kier alpha value is -1.12. The minimum Gasteiger partial charge on any atom is -0.387 e. The molecule has 94 valence electrons. The number of thiophene rings is 1. The molecule has 1 aliphatic rings. The molecule has 1 unspecified atom stereocenters. The van der Waals surface area contributed by atoms with Crippen LogP contribution in [0.5, 0.6) is 0 Å². The fraction of sp³-hybridized carbons (Fsp3) is 0.375. The summed E-state index contributed by atoms with van der Waals surface area (Å²) in [6, 6.07) is 14.6. The van der Waals surface area contributed by atoms with Crippen molar-refractivity contribution in [2.45, 2.75) is 37.2 Å². The molecule has 0 aliphatic heterocycles. The minimum absolute atomic E-state index is 0.0634. The standard InChI is InChI=1S/C16H18OS/c17-15(14-9-6-12-18-14)16(10-4-5-11-16)13-7-2-1-3-8-13/h1-3,6-9,12,15,17H,4-5,10-11H2. The van der Waals surface area contributed by atoms with Crippen LogP contribution in [0, 0.1) is 0 Å². The molecule has 1 aromatic heterocycles. The second kappa shape index (κ2) is 4.87. The van der Waals surface area contributed by atoms with Crippen LogP contribution in [-0.4, -0.2) is 5.11 Å². The first-order valence-corrected chi connectivity index (χ1v) is 7.48. The van der Waals surface area contributed by atoms with Crippen LogP contribution < -0.4 is 0 Å². The monoisotopic (exact) mass is 258 g/mol. The lowest BCUT2D eigenvalue weighted by molar-refractivity contribution is 0.0854. The Morgan fingerprint density at radius 1 is 1.00 bits per heavy atom. The number of aliphatic hydroxyl groups excluding tert-OH is 1. The van der Waals surface area contributed by atoms with Gasteiger partial charge in [-0.3, -0.25) is 0 Å². The first-order valence-electron chi connectivity index (χ1n) is 6.60. The van der Waals surface area contributed by atoms with E-state index in [0.717, 1.165) is 17.7 Å². The quantitative estimate of drug-likeness (QED) is 0.870. The molecule has 1 N–H and O–H groups in total. The minimum atomic E-state index is -0.359. The lowest BCUT2D eigenvalue weighted by Crippen LogP contribution is -2.30. The molecule has 0 radical (unpaired) electrons. The third-order valence-corrected chi connectivity index (χ3v) is 5.11. The van der Waals surface area contributed by atoms with Gasteiger partial charge in [0.05, 0.1) is 6.10 Å². The Kier molecular flexibility index (Phi) is 3.23. The van der Waals surface area contributed by atoms with Crippen molar-refractivity contribution in [3.05, 3.63) is 58.3 Å². The maximum Gasteiger partial charge on any atom is 0.0978 e. The van der Waals surface area contributed by atoms with Crippen molar-refractivity contribution in [3.8, 4) is 0 Å². The van der Waals surface area contributed by atoms with E-state index in [9.17, 15) is 5.11 Å². The molecule has 18 heavy (non-hydrogen) atoms. The third kappa shape index (κ3) is 1.90. The highest BCUT2D eigenvalue weighted by Gasteiger charge is 2.42. The van der Waals surface area contributed by atoms with Crippen LogP contribution in [-0.2, 0) is 5.41 Å². The normalized spacial score (nSPS) is 19.8. The maximum atomic E-state index is 10.8. The van der Waals surface area contributed by atoms with E-state index in [1.807, 2.05) is 17.5 Å². The summed E-state index contributed by atoms with van der Waals surface area (Å²) in [6.07, 6.45) is 4.27. The van der Waals surface area contributed by atoms with Crippen molar-refractivity contribution >= 4 is 11.3 Å². The number of hydrogen-bond acceptors (Lipinski definition) is 2. The molecular formula is C16H18OS. The zero-order chi connectivity index (χ0) is 12.4. The lowest BCUT2D eigenvalue weighted by Gasteiger charge is -2.34. The molecule has 0 amide bonds. The van der Waals surface area contributed by atoms with E-state index in [-0.39, 0.29) is 11.5 Å². The Bertz CT molecular complexity index is 483. The van der Waals surface area contributed by atoms with Crippen molar-refractivity contribution in [3.63, 3.8) is 0 Å². The highest BCUT2D eigenvalue weighted by molar-refractivity contribution is 7.10. The summed E-state index contributed by atoms with van der Waals surface area (Å²) < 4.78 is 0. The van der Waals surface area contributed by atoms with Crippen LogP contribution in [0.15, 0.2) is 47.8 Å². The molecule has 0 spiro atoms. The molecule has 1 aromatic carbocycles. The second-order valence-corrected chi connectivity index (χ2v) is 6.13. The molecule has 1 nitrogen and oxygen atoms in total. The Morgan fingerprint density at radius 2 is 1.72 bits per heavy atom. The molecule has 0 bridgehead atoms. The summed E-state index contributed by atoms with van der Waals surface area (Å²) in [4.78, 5) is 1.10. The average Bonchev–Trinajstić information content (AvgIpc) is 3.11. The predicted molar refractivity (Wildman–Crippen MR) is 75.9 cm³/mol. The van der Waals surface area contributed by atoms with Gasteiger partial charge in [0.1, 0.15) is 0 Å². The smallest absolute Gasteiger partial charge is 0.0978 e. The Morgan fingerprint density at radius 3 is 2.33 bits per heavy atom. The molecule has 2 aromatic rings. The van der Waals surface area contributed by atoms with E-state index in [4.69, 9.17) is 0 Å². The van der Waals surface area contributed by atoms with Gasteiger partial charge in [0.2, 0.25) is 0 Å². The summed E-state index contributed by atoms with van der Waals surface area (Å²) in [5.74, 6) is 0. The van der Waals surface area contributed by atoms with E-state index < -0.39 is 0 Å². The van der Waals surface area contributed by atoms with Gasteiger partial charge < -0.3 is 5.11 Å². The van der Waals surface area contributed by atoms with Crippen LogP contribution in [0.25, 0.3) is 0 Å². The van der Waals surface area contributed by atoms with E-state index >= 15 is 0 Å². The summed E-state index contributed by atoms with van der Waals surface area (Å²) >= 11 is 1.66. The van der Waals surface area contributed by atoms with Crippen LogP contribution in [0.1, 0.15) is 42.2 Å². The summed E-state index contributed by atoms with van der Waals surface area (Å²) in [5, 5.41) is 12.9. The summed E-state index contributed by atoms with van der Waals surface area (Å²) in [6.45, 7) is 0. The van der Waals surface area contributed by atoms with Crippen LogP contribution in [0.4, 0.5) is 0 Å². The number of benzene rings is 1. The topological polar surface area (TPSA) is 20.2 Å². The highest BCUT2D eigenvalue weighted by Crippen LogP contribution is 2.50. The van der Waals surface area contributed by atoms with Crippen molar-refractivity contribution < 1.29 is 5.11 Å². The zero-order valence-electron chi connectivity index (χ0n) is 10.4. The first-order chi connectivity index (χ1) is 8.83. The van der Waals surface area contributed by atoms with Gasteiger partial charge in [0, 0.05) is 10.3 Å². The molecule has 2 heteroatoms. The van der Waals surface area contributed by atoms with Crippen molar-refractivity contribution in [2.24, 2.45) is 0 Å². The molecule has 3 rings (SSSR count). The van der Waals surface area contributed by atoms with Gasteiger partial charge in [-0.1, -0.05) is 49.2 Å². The van der Waals surface area contributed by atoms with Gasteiger partial charge in [-0.05, 0) is 29.9 Å². The fourth-order valence-electron chi connectivity index (χ4n) is 3.22. The summed E-state index contributed by atoms with van der Waals surface area (Å²) in [5.41, 5.74) is 1.23. The molecule has 1 aliphatic carbocycles. The van der Waals surface area contributed by atoms with Gasteiger partial charge in [-0.25, -0.2) is 0 Å². The zero-order valence-corrected chi connectivity index (χ0v) is 11.2. The molecular weight excluding hydrogens is 240 g/mol. The number of hydrogen-bond donors (Lipinski definition) is 1. The molecule has 1 heterocycles.